The maximum absolute atomic E-state index is 13.2. The van der Waals surface area contributed by atoms with Gasteiger partial charge in [0.2, 0.25) is 5.95 Å². The summed E-state index contributed by atoms with van der Waals surface area (Å²) in [6.07, 6.45) is 6.16. The fourth-order valence-electron chi connectivity index (χ4n) is 4.10. The minimum atomic E-state index is -0.230. The number of thioether (sulfide) groups is 1. The summed E-state index contributed by atoms with van der Waals surface area (Å²) in [4.78, 5) is 7.10. The smallest absolute Gasteiger partial charge is 0.228 e. The zero-order valence-corrected chi connectivity index (χ0v) is 19.0. The molecule has 0 N–H and O–H groups in total. The van der Waals surface area contributed by atoms with Crippen LogP contribution in [0.3, 0.4) is 0 Å². The van der Waals surface area contributed by atoms with Gasteiger partial charge < -0.3 is 9.64 Å². The summed E-state index contributed by atoms with van der Waals surface area (Å²) in [6.45, 7) is 3.74. The van der Waals surface area contributed by atoms with E-state index in [-0.39, 0.29) is 11.9 Å². The Labute approximate surface area is 189 Å². The highest BCUT2D eigenvalue weighted by Gasteiger charge is 2.24. The van der Waals surface area contributed by atoms with E-state index in [2.05, 4.69) is 25.0 Å². The third-order valence-electron chi connectivity index (χ3n) is 5.74. The second kappa shape index (κ2) is 9.67. The molecule has 2 aliphatic rings. The molecule has 0 saturated carbocycles. The summed E-state index contributed by atoms with van der Waals surface area (Å²) in [7, 11) is 0. The average Bonchev–Trinajstić information content (AvgIpc) is 3.56. The van der Waals surface area contributed by atoms with E-state index in [9.17, 15) is 4.39 Å². The lowest BCUT2D eigenvalue weighted by molar-refractivity contribution is 0.0951. The van der Waals surface area contributed by atoms with E-state index >= 15 is 0 Å². The molecule has 0 spiro atoms. The van der Waals surface area contributed by atoms with Crippen LogP contribution in [0, 0.1) is 5.82 Å². The van der Waals surface area contributed by atoms with Gasteiger partial charge in [0.15, 0.2) is 5.16 Å². The molecule has 9 heteroatoms. The Balaban J connectivity index is 1.31. The monoisotopic (exact) mass is 459 g/mol. The molecule has 2 aromatic heterocycles. The Kier molecular flexibility index (Phi) is 6.52. The van der Waals surface area contributed by atoms with E-state index in [0.29, 0.717) is 0 Å². The normalized spacial score (nSPS) is 19.3. The zero-order valence-electron chi connectivity index (χ0n) is 17.4. The van der Waals surface area contributed by atoms with E-state index in [0.717, 1.165) is 72.2 Å². The van der Waals surface area contributed by atoms with Crippen LogP contribution in [0.5, 0.6) is 0 Å². The van der Waals surface area contributed by atoms with Crippen LogP contribution < -0.4 is 4.90 Å². The Morgan fingerprint density at radius 3 is 2.71 bits per heavy atom. The van der Waals surface area contributed by atoms with Crippen LogP contribution in [-0.2, 0) is 17.0 Å². The summed E-state index contributed by atoms with van der Waals surface area (Å²) in [5, 5.41) is 13.0. The first-order chi connectivity index (χ1) is 15.3. The van der Waals surface area contributed by atoms with Crippen molar-refractivity contribution < 1.29 is 9.13 Å². The van der Waals surface area contributed by atoms with Gasteiger partial charge in [-0.05, 0) is 56.4 Å². The minimum Gasteiger partial charge on any atom is -0.376 e. The van der Waals surface area contributed by atoms with Crippen LogP contribution in [-0.4, -0.2) is 45.5 Å². The molecular formula is C22H26FN5OS2. The predicted molar refractivity (Wildman–Crippen MR) is 122 cm³/mol. The average molecular weight is 460 g/mol. The van der Waals surface area contributed by atoms with Gasteiger partial charge in [-0.2, -0.15) is 0 Å². The van der Waals surface area contributed by atoms with Gasteiger partial charge >= 0.3 is 0 Å². The summed E-state index contributed by atoms with van der Waals surface area (Å²) < 4.78 is 21.3. The molecule has 3 aromatic rings. The molecule has 1 unspecified atom stereocenters. The van der Waals surface area contributed by atoms with Crippen molar-refractivity contribution >= 4 is 29.0 Å². The van der Waals surface area contributed by atoms with E-state index in [1.165, 1.54) is 31.4 Å². The van der Waals surface area contributed by atoms with E-state index in [1.807, 2.05) is 0 Å². The van der Waals surface area contributed by atoms with Gasteiger partial charge in [-0.15, -0.1) is 21.5 Å². The number of piperidine rings is 1. The SMILES string of the molecule is Fc1ccc(-c2nc(CSc3nnc(N4CCCCC4)n3CC3CCCO3)cs2)cc1. The maximum Gasteiger partial charge on any atom is 0.228 e. The van der Waals surface area contributed by atoms with Crippen molar-refractivity contribution in [1.29, 1.82) is 0 Å². The molecule has 2 fully saturated rings. The molecule has 2 aliphatic heterocycles. The first kappa shape index (κ1) is 20.9. The maximum atomic E-state index is 13.2. The Morgan fingerprint density at radius 2 is 1.94 bits per heavy atom. The highest BCUT2D eigenvalue weighted by molar-refractivity contribution is 7.98. The molecule has 2 saturated heterocycles. The number of anilines is 1. The number of ether oxygens (including phenoxy) is 1. The second-order valence-electron chi connectivity index (χ2n) is 8.02. The zero-order chi connectivity index (χ0) is 21.0. The van der Waals surface area contributed by atoms with Crippen LogP contribution >= 0.6 is 23.1 Å². The van der Waals surface area contributed by atoms with Crippen molar-refractivity contribution in [3.05, 3.63) is 41.2 Å². The van der Waals surface area contributed by atoms with E-state index in [1.54, 1.807) is 35.2 Å². The van der Waals surface area contributed by atoms with Gasteiger partial charge in [0.25, 0.3) is 0 Å². The van der Waals surface area contributed by atoms with Crippen molar-refractivity contribution in [2.24, 2.45) is 0 Å². The number of aromatic nitrogens is 4. The Bertz CT molecular complexity index is 994. The molecule has 6 nitrogen and oxygen atoms in total. The van der Waals surface area contributed by atoms with Crippen LogP contribution in [0.1, 0.15) is 37.8 Å². The van der Waals surface area contributed by atoms with Gasteiger partial charge in [0.1, 0.15) is 10.8 Å². The van der Waals surface area contributed by atoms with Crippen LogP contribution in [0.2, 0.25) is 0 Å². The highest BCUT2D eigenvalue weighted by atomic mass is 32.2. The summed E-state index contributed by atoms with van der Waals surface area (Å²) in [5.41, 5.74) is 1.94. The first-order valence-corrected chi connectivity index (χ1v) is 12.8. The Morgan fingerprint density at radius 1 is 1.10 bits per heavy atom. The van der Waals surface area contributed by atoms with Gasteiger partial charge in [-0.1, -0.05) is 11.8 Å². The largest absolute Gasteiger partial charge is 0.376 e. The fourth-order valence-corrected chi connectivity index (χ4v) is 5.87. The second-order valence-corrected chi connectivity index (χ2v) is 9.82. The summed E-state index contributed by atoms with van der Waals surface area (Å²) >= 11 is 3.25. The molecule has 1 atom stereocenters. The van der Waals surface area contributed by atoms with Crippen molar-refractivity contribution in [2.45, 2.75) is 55.7 Å². The fraction of sp³-hybridized carbons (Fsp3) is 0.500. The highest BCUT2D eigenvalue weighted by Crippen LogP contribution is 2.30. The lowest BCUT2D eigenvalue weighted by Gasteiger charge is -2.28. The van der Waals surface area contributed by atoms with Gasteiger partial charge in [0, 0.05) is 36.4 Å². The van der Waals surface area contributed by atoms with Crippen molar-refractivity contribution in [3.63, 3.8) is 0 Å². The van der Waals surface area contributed by atoms with Gasteiger partial charge in [0.05, 0.1) is 18.3 Å². The molecule has 0 aliphatic carbocycles. The molecule has 0 amide bonds. The summed E-state index contributed by atoms with van der Waals surface area (Å²) in [5.74, 6) is 1.47. The molecule has 1 aromatic carbocycles. The lowest BCUT2D eigenvalue weighted by Crippen LogP contribution is -2.33. The number of halogens is 1. The number of hydrogen-bond donors (Lipinski definition) is 0. The number of hydrogen-bond acceptors (Lipinski definition) is 7. The topological polar surface area (TPSA) is 56.1 Å². The third kappa shape index (κ3) is 4.94. The molecule has 5 rings (SSSR count). The van der Waals surface area contributed by atoms with Crippen molar-refractivity contribution in [3.8, 4) is 10.6 Å². The molecule has 164 valence electrons. The quantitative estimate of drug-likeness (QED) is 0.464. The van der Waals surface area contributed by atoms with Crippen LogP contribution in [0.25, 0.3) is 10.6 Å². The van der Waals surface area contributed by atoms with Gasteiger partial charge in [-0.3, -0.25) is 4.57 Å². The third-order valence-corrected chi connectivity index (χ3v) is 7.68. The molecule has 0 bridgehead atoms. The van der Waals surface area contributed by atoms with Gasteiger partial charge in [-0.25, -0.2) is 9.37 Å². The standard InChI is InChI=1S/C22H26FN5OS2/c23-17-8-6-16(7-9-17)20-24-18(14-30-20)15-31-22-26-25-21(27-10-2-1-3-11-27)28(22)13-19-5-4-12-29-19/h6-9,14,19H,1-5,10-13,15H2. The number of benzene rings is 1. The Hall–Kier alpha value is -1.97. The molecule has 0 radical (unpaired) electrons. The predicted octanol–water partition coefficient (Wildman–Crippen LogP) is 5.00. The van der Waals surface area contributed by atoms with E-state index in [4.69, 9.17) is 9.72 Å². The molecule has 4 heterocycles. The first-order valence-electron chi connectivity index (χ1n) is 10.9. The molecule has 31 heavy (non-hydrogen) atoms. The lowest BCUT2D eigenvalue weighted by atomic mass is 10.1. The van der Waals surface area contributed by atoms with Crippen LogP contribution in [0.4, 0.5) is 10.3 Å². The van der Waals surface area contributed by atoms with Crippen molar-refractivity contribution in [2.75, 3.05) is 24.6 Å². The summed E-state index contributed by atoms with van der Waals surface area (Å²) in [6, 6.07) is 6.49. The van der Waals surface area contributed by atoms with Crippen molar-refractivity contribution in [1.82, 2.24) is 19.7 Å². The van der Waals surface area contributed by atoms with E-state index < -0.39 is 0 Å². The minimum absolute atomic E-state index is 0.230. The number of nitrogens with zero attached hydrogens (tertiary/aromatic N) is 5. The van der Waals surface area contributed by atoms with Crippen LogP contribution in [0.15, 0.2) is 34.8 Å². The molecular weight excluding hydrogens is 433 g/mol. The number of thiazole rings is 1. The number of rotatable bonds is 7.